The van der Waals surface area contributed by atoms with E-state index in [-0.39, 0.29) is 5.91 Å². The number of nitrogens with zero attached hydrogens (tertiary/aromatic N) is 1. The molecule has 0 aromatic heterocycles. The summed E-state index contributed by atoms with van der Waals surface area (Å²) in [5.74, 6) is 0.0400. The summed E-state index contributed by atoms with van der Waals surface area (Å²) < 4.78 is 0. The molecule has 25 heavy (non-hydrogen) atoms. The van der Waals surface area contributed by atoms with Crippen molar-refractivity contribution in [1.29, 1.82) is 0 Å². The number of nitrogens with two attached hydrogens (primary N) is 1. The second kappa shape index (κ2) is 6.76. The number of hydrogen-bond donors (Lipinski definition) is 3. The van der Waals surface area contributed by atoms with Gasteiger partial charge in [0.2, 0.25) is 5.91 Å². The lowest BCUT2D eigenvalue weighted by atomic mass is 10.0. The van der Waals surface area contributed by atoms with Gasteiger partial charge in [0.15, 0.2) is 0 Å². The zero-order valence-electron chi connectivity index (χ0n) is 14.3. The Hall–Kier alpha value is -2.53. The zero-order valence-corrected chi connectivity index (χ0v) is 14.3. The van der Waals surface area contributed by atoms with Crippen LogP contribution >= 0.6 is 0 Å². The molecule has 5 heteroatoms. The maximum Gasteiger partial charge on any atom is 0.228 e. The number of piperidine rings is 1. The largest absolute Gasteiger partial charge is 0.397 e. The molecule has 0 bridgehead atoms. The number of amides is 1. The molecule has 5 nitrogen and oxygen atoms in total. The number of fused-ring (bicyclic) bond motifs is 1. The summed E-state index contributed by atoms with van der Waals surface area (Å²) in [7, 11) is 0. The van der Waals surface area contributed by atoms with Gasteiger partial charge in [-0.2, -0.15) is 0 Å². The molecule has 0 saturated carbocycles. The monoisotopic (exact) mass is 336 g/mol. The van der Waals surface area contributed by atoms with Gasteiger partial charge in [0.1, 0.15) is 0 Å². The predicted molar refractivity (Wildman–Crippen MR) is 102 cm³/mol. The maximum absolute atomic E-state index is 11.6. The number of rotatable bonds is 4. The van der Waals surface area contributed by atoms with Crippen LogP contribution in [0.5, 0.6) is 0 Å². The molecule has 0 aliphatic carbocycles. The standard InChI is InChI=1S/C20H24N4O/c21-17-9-15-10-20(25)23-18(15)11-19(17)22-16-7-4-8-24(13-16)12-14-5-2-1-3-6-14/h1-3,5-6,9,11,16,22H,4,7-8,10,12-13,21H2,(H,23,25). The molecule has 1 saturated heterocycles. The second-order valence-electron chi connectivity index (χ2n) is 7.03. The van der Waals surface area contributed by atoms with E-state index in [1.165, 1.54) is 12.0 Å². The van der Waals surface area contributed by atoms with Gasteiger partial charge in [-0.05, 0) is 42.6 Å². The number of nitrogens with one attached hydrogen (secondary N) is 2. The molecular weight excluding hydrogens is 312 g/mol. The third-order valence-electron chi connectivity index (χ3n) is 5.01. The summed E-state index contributed by atoms with van der Waals surface area (Å²) in [6.07, 6.45) is 2.73. The van der Waals surface area contributed by atoms with Crippen LogP contribution in [0.3, 0.4) is 0 Å². The van der Waals surface area contributed by atoms with Gasteiger partial charge in [0.25, 0.3) is 0 Å². The van der Waals surface area contributed by atoms with Gasteiger partial charge in [-0.25, -0.2) is 0 Å². The van der Waals surface area contributed by atoms with E-state index in [9.17, 15) is 4.79 Å². The fourth-order valence-electron chi connectivity index (χ4n) is 3.80. The van der Waals surface area contributed by atoms with Crippen molar-refractivity contribution in [3.63, 3.8) is 0 Å². The lowest BCUT2D eigenvalue weighted by molar-refractivity contribution is -0.115. The molecule has 1 atom stereocenters. The van der Waals surface area contributed by atoms with E-state index >= 15 is 0 Å². The van der Waals surface area contributed by atoms with E-state index < -0.39 is 0 Å². The fraction of sp³-hybridized carbons (Fsp3) is 0.350. The quantitative estimate of drug-likeness (QED) is 0.751. The van der Waals surface area contributed by atoms with Crippen molar-refractivity contribution >= 4 is 23.0 Å². The van der Waals surface area contributed by atoms with Crippen LogP contribution in [-0.2, 0) is 17.8 Å². The van der Waals surface area contributed by atoms with Gasteiger partial charge in [0, 0.05) is 24.8 Å². The van der Waals surface area contributed by atoms with E-state index in [1.54, 1.807) is 0 Å². The number of likely N-dealkylation sites (tertiary alicyclic amines) is 1. The lowest BCUT2D eigenvalue weighted by Crippen LogP contribution is -2.41. The Morgan fingerprint density at radius 1 is 1.24 bits per heavy atom. The van der Waals surface area contributed by atoms with Crippen molar-refractivity contribution < 1.29 is 4.79 Å². The van der Waals surface area contributed by atoms with Gasteiger partial charge in [-0.15, -0.1) is 0 Å². The summed E-state index contributed by atoms with van der Waals surface area (Å²) in [5, 5.41) is 6.49. The van der Waals surface area contributed by atoms with Crippen LogP contribution in [0.15, 0.2) is 42.5 Å². The smallest absolute Gasteiger partial charge is 0.228 e. The van der Waals surface area contributed by atoms with Crippen molar-refractivity contribution in [3.05, 3.63) is 53.6 Å². The topological polar surface area (TPSA) is 70.4 Å². The first-order valence-electron chi connectivity index (χ1n) is 8.92. The molecule has 1 unspecified atom stereocenters. The molecular formula is C20H24N4O. The highest BCUT2D eigenvalue weighted by Crippen LogP contribution is 2.32. The molecule has 2 aromatic rings. The van der Waals surface area contributed by atoms with Crippen LogP contribution < -0.4 is 16.4 Å². The highest BCUT2D eigenvalue weighted by atomic mass is 16.1. The number of carbonyl (C=O) groups excluding carboxylic acids is 1. The summed E-state index contributed by atoms with van der Waals surface area (Å²) in [4.78, 5) is 14.0. The van der Waals surface area contributed by atoms with E-state index in [0.717, 1.165) is 48.7 Å². The molecule has 4 rings (SSSR count). The van der Waals surface area contributed by atoms with Crippen LogP contribution in [0.25, 0.3) is 0 Å². The van der Waals surface area contributed by atoms with Crippen LogP contribution in [-0.4, -0.2) is 29.9 Å². The van der Waals surface area contributed by atoms with Gasteiger partial charge >= 0.3 is 0 Å². The number of nitrogen functional groups attached to an aromatic ring is 1. The highest BCUT2D eigenvalue weighted by Gasteiger charge is 2.23. The molecule has 0 radical (unpaired) electrons. The summed E-state index contributed by atoms with van der Waals surface area (Å²) in [6.45, 7) is 3.11. The van der Waals surface area contributed by atoms with E-state index in [4.69, 9.17) is 5.73 Å². The van der Waals surface area contributed by atoms with Crippen molar-refractivity contribution in [3.8, 4) is 0 Å². The average molecular weight is 336 g/mol. The Morgan fingerprint density at radius 3 is 2.92 bits per heavy atom. The van der Waals surface area contributed by atoms with Crippen LogP contribution in [0, 0.1) is 0 Å². The molecule has 1 fully saturated rings. The van der Waals surface area contributed by atoms with Gasteiger partial charge in [-0.1, -0.05) is 30.3 Å². The molecule has 2 heterocycles. The van der Waals surface area contributed by atoms with Crippen LogP contribution in [0.1, 0.15) is 24.0 Å². The number of anilines is 3. The van der Waals surface area contributed by atoms with Crippen molar-refractivity contribution in [2.24, 2.45) is 0 Å². The first-order chi connectivity index (χ1) is 12.2. The molecule has 2 aliphatic rings. The first-order valence-corrected chi connectivity index (χ1v) is 8.92. The molecule has 4 N–H and O–H groups in total. The van der Waals surface area contributed by atoms with Gasteiger partial charge in [-0.3, -0.25) is 9.69 Å². The number of hydrogen-bond acceptors (Lipinski definition) is 4. The van der Waals surface area contributed by atoms with Crippen LogP contribution in [0.2, 0.25) is 0 Å². The third-order valence-corrected chi connectivity index (χ3v) is 5.01. The average Bonchev–Trinajstić information content (AvgIpc) is 2.95. The first kappa shape index (κ1) is 16.0. The SMILES string of the molecule is Nc1cc2c(cc1NC1CCCN(Cc3ccccc3)C1)NC(=O)C2. The van der Waals surface area contributed by atoms with Crippen LogP contribution in [0.4, 0.5) is 17.1 Å². The fourth-order valence-corrected chi connectivity index (χ4v) is 3.80. The lowest BCUT2D eigenvalue weighted by Gasteiger charge is -2.34. The molecule has 130 valence electrons. The van der Waals surface area contributed by atoms with Gasteiger partial charge < -0.3 is 16.4 Å². The Labute approximate surface area is 148 Å². The summed E-state index contributed by atoms with van der Waals surface area (Å²) in [5.41, 5.74) is 11.1. The normalized spacial score (nSPS) is 20.2. The van der Waals surface area contributed by atoms with Crippen molar-refractivity contribution in [2.45, 2.75) is 31.8 Å². The minimum absolute atomic E-state index is 0.0400. The Kier molecular flexibility index (Phi) is 4.32. The predicted octanol–water partition coefficient (Wildman–Crippen LogP) is 2.84. The maximum atomic E-state index is 11.6. The Bertz CT molecular complexity index is 775. The molecule has 0 spiro atoms. The second-order valence-corrected chi connectivity index (χ2v) is 7.03. The Morgan fingerprint density at radius 2 is 2.08 bits per heavy atom. The Balaban J connectivity index is 1.43. The highest BCUT2D eigenvalue weighted by molar-refractivity contribution is 6.00. The zero-order chi connectivity index (χ0) is 17.2. The third kappa shape index (κ3) is 3.61. The molecule has 2 aromatic carbocycles. The molecule has 1 amide bonds. The van der Waals surface area contributed by atoms with E-state index in [1.807, 2.05) is 12.1 Å². The minimum Gasteiger partial charge on any atom is -0.397 e. The summed E-state index contributed by atoms with van der Waals surface area (Å²) >= 11 is 0. The van der Waals surface area contributed by atoms with E-state index in [0.29, 0.717) is 12.5 Å². The number of benzene rings is 2. The van der Waals surface area contributed by atoms with E-state index in [2.05, 4.69) is 45.9 Å². The van der Waals surface area contributed by atoms with Crippen molar-refractivity contribution in [2.75, 3.05) is 29.5 Å². The summed E-state index contributed by atoms with van der Waals surface area (Å²) in [6, 6.07) is 14.9. The molecule has 2 aliphatic heterocycles. The minimum atomic E-state index is 0.0400. The van der Waals surface area contributed by atoms with Crippen molar-refractivity contribution in [1.82, 2.24) is 4.90 Å². The number of carbonyl (C=O) groups is 1. The van der Waals surface area contributed by atoms with Gasteiger partial charge in [0.05, 0.1) is 17.8 Å².